The van der Waals surface area contributed by atoms with Gasteiger partial charge in [0.25, 0.3) is 5.56 Å². The first kappa shape index (κ1) is 15.3. The molecule has 1 aliphatic heterocycles. The van der Waals surface area contributed by atoms with Crippen molar-refractivity contribution in [1.82, 2.24) is 19.9 Å². The van der Waals surface area contributed by atoms with Gasteiger partial charge >= 0.3 is 0 Å². The molecular weight excluding hydrogens is 300 g/mol. The zero-order chi connectivity index (χ0) is 15.4. The number of hydrogen-bond acceptors (Lipinski definition) is 6. The molecule has 0 bridgehead atoms. The fourth-order valence-electron chi connectivity index (χ4n) is 2.66. The minimum absolute atomic E-state index is 0.102. The number of hydrogen-bond donors (Lipinski definition) is 1. The number of aryl methyl sites for hydroxylation is 2. The lowest BCUT2D eigenvalue weighted by molar-refractivity contribution is -0.0349. The van der Waals surface area contributed by atoms with E-state index in [1.807, 2.05) is 6.92 Å². The quantitative estimate of drug-likeness (QED) is 0.901. The SMILES string of the molecule is Cc1nc(CN2CCOC(CCc3cc(=O)[nH]cn3)C2)cs1. The van der Waals surface area contributed by atoms with E-state index in [1.54, 1.807) is 17.4 Å². The van der Waals surface area contributed by atoms with E-state index in [9.17, 15) is 4.79 Å². The minimum atomic E-state index is -0.102. The van der Waals surface area contributed by atoms with E-state index in [2.05, 4.69) is 25.2 Å². The van der Waals surface area contributed by atoms with Crippen molar-refractivity contribution in [2.75, 3.05) is 19.7 Å². The van der Waals surface area contributed by atoms with Crippen LogP contribution in [0.2, 0.25) is 0 Å². The number of aromatic nitrogens is 3. The van der Waals surface area contributed by atoms with E-state index in [0.29, 0.717) is 0 Å². The Labute approximate surface area is 133 Å². The lowest BCUT2D eigenvalue weighted by Gasteiger charge is -2.32. The van der Waals surface area contributed by atoms with Crippen molar-refractivity contribution in [3.8, 4) is 0 Å². The fourth-order valence-corrected chi connectivity index (χ4v) is 3.27. The van der Waals surface area contributed by atoms with Gasteiger partial charge in [-0.15, -0.1) is 11.3 Å². The normalized spacial score (nSPS) is 19.4. The molecule has 1 N–H and O–H groups in total. The summed E-state index contributed by atoms with van der Waals surface area (Å²) in [4.78, 5) is 24.9. The van der Waals surface area contributed by atoms with Gasteiger partial charge in [0.05, 0.1) is 29.7 Å². The van der Waals surface area contributed by atoms with Crippen molar-refractivity contribution in [2.45, 2.75) is 32.4 Å². The highest BCUT2D eigenvalue weighted by Gasteiger charge is 2.21. The Morgan fingerprint density at radius 1 is 1.50 bits per heavy atom. The molecule has 0 amide bonds. The van der Waals surface area contributed by atoms with Crippen molar-refractivity contribution >= 4 is 11.3 Å². The average Bonchev–Trinajstić information content (AvgIpc) is 2.91. The third kappa shape index (κ3) is 4.22. The highest BCUT2D eigenvalue weighted by molar-refractivity contribution is 7.09. The van der Waals surface area contributed by atoms with E-state index in [1.165, 1.54) is 6.33 Å². The van der Waals surface area contributed by atoms with Gasteiger partial charge in [-0.1, -0.05) is 0 Å². The summed E-state index contributed by atoms with van der Waals surface area (Å²) in [6, 6.07) is 1.55. The van der Waals surface area contributed by atoms with Crippen LogP contribution in [0.15, 0.2) is 22.6 Å². The molecule has 3 heterocycles. The van der Waals surface area contributed by atoms with Crippen molar-refractivity contribution in [3.63, 3.8) is 0 Å². The van der Waals surface area contributed by atoms with Crippen LogP contribution in [0.4, 0.5) is 0 Å². The van der Waals surface area contributed by atoms with Crippen molar-refractivity contribution in [3.05, 3.63) is 44.5 Å². The standard InChI is InChI=1S/C15H20N4O2S/c1-11-18-13(9-22-11)7-19-4-5-21-14(8-19)3-2-12-6-15(20)17-10-16-12/h6,9-10,14H,2-5,7-8H2,1H3,(H,16,17,20). The molecule has 0 aliphatic carbocycles. The van der Waals surface area contributed by atoms with E-state index in [0.717, 1.165) is 55.5 Å². The smallest absolute Gasteiger partial charge is 0.250 e. The van der Waals surface area contributed by atoms with Gasteiger partial charge in [0, 0.05) is 36.8 Å². The van der Waals surface area contributed by atoms with E-state index >= 15 is 0 Å². The molecule has 2 aromatic rings. The Morgan fingerprint density at radius 2 is 2.41 bits per heavy atom. The lowest BCUT2D eigenvalue weighted by atomic mass is 10.1. The number of H-pyrrole nitrogens is 1. The van der Waals surface area contributed by atoms with E-state index < -0.39 is 0 Å². The fraction of sp³-hybridized carbons (Fsp3) is 0.533. The topological polar surface area (TPSA) is 71.1 Å². The van der Waals surface area contributed by atoms with Crippen LogP contribution >= 0.6 is 11.3 Å². The van der Waals surface area contributed by atoms with Crippen molar-refractivity contribution < 1.29 is 4.74 Å². The average molecular weight is 320 g/mol. The summed E-state index contributed by atoms with van der Waals surface area (Å²) in [5.74, 6) is 0. The van der Waals surface area contributed by atoms with Gasteiger partial charge in [-0.2, -0.15) is 0 Å². The molecule has 0 radical (unpaired) electrons. The van der Waals surface area contributed by atoms with Crippen LogP contribution in [-0.2, 0) is 17.7 Å². The van der Waals surface area contributed by atoms with Gasteiger partial charge in [0.2, 0.25) is 0 Å². The van der Waals surface area contributed by atoms with Crippen LogP contribution in [0.5, 0.6) is 0 Å². The molecule has 7 heteroatoms. The first-order valence-corrected chi connectivity index (χ1v) is 8.35. The first-order valence-electron chi connectivity index (χ1n) is 7.47. The van der Waals surface area contributed by atoms with E-state index in [4.69, 9.17) is 4.74 Å². The number of nitrogens with one attached hydrogen (secondary N) is 1. The number of rotatable bonds is 5. The maximum Gasteiger partial charge on any atom is 0.250 e. The Morgan fingerprint density at radius 3 is 3.18 bits per heavy atom. The Balaban J connectivity index is 1.51. The third-order valence-electron chi connectivity index (χ3n) is 3.73. The number of aromatic amines is 1. The van der Waals surface area contributed by atoms with Crippen LogP contribution in [0.1, 0.15) is 22.8 Å². The molecule has 0 saturated carbocycles. The Hall–Kier alpha value is -1.57. The summed E-state index contributed by atoms with van der Waals surface area (Å²) in [5.41, 5.74) is 1.86. The predicted molar refractivity (Wildman–Crippen MR) is 85.0 cm³/mol. The highest BCUT2D eigenvalue weighted by atomic mass is 32.1. The summed E-state index contributed by atoms with van der Waals surface area (Å²) >= 11 is 1.69. The van der Waals surface area contributed by atoms with Crippen LogP contribution in [0.3, 0.4) is 0 Å². The molecule has 1 saturated heterocycles. The predicted octanol–water partition coefficient (Wildman–Crippen LogP) is 1.37. The van der Waals surface area contributed by atoms with Crippen LogP contribution in [0, 0.1) is 6.92 Å². The zero-order valence-corrected chi connectivity index (χ0v) is 13.4. The maximum absolute atomic E-state index is 11.3. The molecule has 3 rings (SSSR count). The second-order valence-corrected chi connectivity index (χ2v) is 6.59. The summed E-state index contributed by atoms with van der Waals surface area (Å²) in [6.45, 7) is 5.50. The molecule has 0 spiro atoms. The molecule has 1 unspecified atom stereocenters. The van der Waals surface area contributed by atoms with Gasteiger partial charge in [-0.05, 0) is 19.8 Å². The molecule has 2 aromatic heterocycles. The number of thiazole rings is 1. The van der Waals surface area contributed by atoms with Gasteiger partial charge in [0.1, 0.15) is 0 Å². The van der Waals surface area contributed by atoms with Crippen molar-refractivity contribution in [1.29, 1.82) is 0 Å². The molecular formula is C15H20N4O2S. The Bertz CT molecular complexity index is 669. The highest BCUT2D eigenvalue weighted by Crippen LogP contribution is 2.15. The van der Waals surface area contributed by atoms with Crippen LogP contribution < -0.4 is 5.56 Å². The molecule has 118 valence electrons. The maximum atomic E-state index is 11.3. The lowest BCUT2D eigenvalue weighted by Crippen LogP contribution is -2.42. The summed E-state index contributed by atoms with van der Waals surface area (Å²) in [6.07, 6.45) is 3.28. The second kappa shape index (κ2) is 7.13. The summed E-state index contributed by atoms with van der Waals surface area (Å²) in [7, 11) is 0. The second-order valence-electron chi connectivity index (χ2n) is 5.53. The molecule has 22 heavy (non-hydrogen) atoms. The largest absolute Gasteiger partial charge is 0.376 e. The molecule has 1 atom stereocenters. The monoisotopic (exact) mass is 320 g/mol. The molecule has 1 aliphatic rings. The molecule has 1 fully saturated rings. The van der Waals surface area contributed by atoms with Gasteiger partial charge in [-0.3, -0.25) is 9.69 Å². The Kier molecular flexibility index (Phi) is 4.97. The van der Waals surface area contributed by atoms with Gasteiger partial charge in [0.15, 0.2) is 0 Å². The van der Waals surface area contributed by atoms with E-state index in [-0.39, 0.29) is 11.7 Å². The zero-order valence-electron chi connectivity index (χ0n) is 12.6. The summed E-state index contributed by atoms with van der Waals surface area (Å²) < 4.78 is 5.83. The number of nitrogens with zero attached hydrogens (tertiary/aromatic N) is 3. The number of ether oxygens (including phenoxy) is 1. The van der Waals surface area contributed by atoms with Crippen LogP contribution in [0.25, 0.3) is 0 Å². The number of morpholine rings is 1. The first-order chi connectivity index (χ1) is 10.7. The molecule has 6 nitrogen and oxygen atoms in total. The molecule has 0 aromatic carbocycles. The van der Waals surface area contributed by atoms with Gasteiger partial charge < -0.3 is 9.72 Å². The van der Waals surface area contributed by atoms with Gasteiger partial charge in [-0.25, -0.2) is 9.97 Å². The van der Waals surface area contributed by atoms with Crippen LogP contribution in [-0.4, -0.2) is 45.7 Å². The summed E-state index contributed by atoms with van der Waals surface area (Å²) in [5, 5.41) is 3.24. The third-order valence-corrected chi connectivity index (χ3v) is 4.55. The van der Waals surface area contributed by atoms with Crippen molar-refractivity contribution in [2.24, 2.45) is 0 Å². The minimum Gasteiger partial charge on any atom is -0.376 e.